The van der Waals surface area contributed by atoms with Gasteiger partial charge in [0.25, 0.3) is 0 Å². The highest BCUT2D eigenvalue weighted by atomic mass is 16.3. The number of urea groups is 1. The molecule has 0 aliphatic carbocycles. The molecule has 0 bridgehead atoms. The van der Waals surface area contributed by atoms with Crippen molar-refractivity contribution in [1.29, 1.82) is 0 Å². The number of aliphatic hydroxyl groups excluding tert-OH is 1. The lowest BCUT2D eigenvalue weighted by atomic mass is 10.00. The van der Waals surface area contributed by atoms with Gasteiger partial charge in [0, 0.05) is 59.3 Å². The molecule has 7 heteroatoms. The van der Waals surface area contributed by atoms with Crippen molar-refractivity contribution in [2.45, 2.75) is 26.0 Å². The highest BCUT2D eigenvalue weighted by Crippen LogP contribution is 2.18. The Morgan fingerprint density at radius 3 is 2.42 bits per heavy atom. The Morgan fingerprint density at radius 2 is 1.73 bits per heavy atom. The third kappa shape index (κ3) is 4.74. The molecule has 2 aliphatic heterocycles. The van der Waals surface area contributed by atoms with Gasteiger partial charge in [-0.15, -0.1) is 0 Å². The van der Waals surface area contributed by atoms with Crippen LogP contribution in [0.4, 0.5) is 4.79 Å². The summed E-state index contributed by atoms with van der Waals surface area (Å²) in [7, 11) is 0. The number of carbonyl (C=O) groups excluding carboxylic acids is 2. The highest BCUT2D eigenvalue weighted by Gasteiger charge is 2.23. The van der Waals surface area contributed by atoms with Crippen molar-refractivity contribution in [3.05, 3.63) is 35.4 Å². The van der Waals surface area contributed by atoms with Crippen LogP contribution in [-0.4, -0.2) is 83.7 Å². The first-order valence-electron chi connectivity index (χ1n) is 9.28. The van der Waals surface area contributed by atoms with E-state index in [0.29, 0.717) is 32.7 Å². The van der Waals surface area contributed by atoms with Crippen LogP contribution in [0, 0.1) is 0 Å². The van der Waals surface area contributed by atoms with Crippen molar-refractivity contribution in [1.82, 2.24) is 20.0 Å². The monoisotopic (exact) mass is 360 g/mol. The minimum absolute atomic E-state index is 0.0450. The van der Waals surface area contributed by atoms with Gasteiger partial charge >= 0.3 is 6.03 Å². The minimum atomic E-state index is -0.595. The summed E-state index contributed by atoms with van der Waals surface area (Å²) in [4.78, 5) is 29.2. The van der Waals surface area contributed by atoms with Crippen molar-refractivity contribution >= 4 is 11.9 Å². The molecular formula is C19H28N4O3. The van der Waals surface area contributed by atoms with E-state index in [9.17, 15) is 14.7 Å². The molecule has 1 atom stereocenters. The fraction of sp³-hybridized carbons (Fsp3) is 0.579. The zero-order valence-electron chi connectivity index (χ0n) is 15.4. The number of β-amino-alcohol motifs (C(OH)–C–C–N with tert-alkyl or cyclic N) is 1. The molecule has 2 aliphatic rings. The van der Waals surface area contributed by atoms with Crippen molar-refractivity contribution in [2.24, 2.45) is 0 Å². The fourth-order valence-electron chi connectivity index (χ4n) is 3.61. The Balaban J connectivity index is 1.38. The van der Waals surface area contributed by atoms with E-state index >= 15 is 0 Å². The highest BCUT2D eigenvalue weighted by molar-refractivity contribution is 5.76. The molecule has 3 amide bonds. The van der Waals surface area contributed by atoms with Gasteiger partial charge in [-0.25, -0.2) is 4.79 Å². The van der Waals surface area contributed by atoms with Gasteiger partial charge in [0.1, 0.15) is 0 Å². The summed E-state index contributed by atoms with van der Waals surface area (Å²) >= 11 is 0. The molecule has 3 rings (SSSR count). The van der Waals surface area contributed by atoms with Crippen LogP contribution in [0.5, 0.6) is 0 Å². The second-order valence-electron chi connectivity index (χ2n) is 7.09. The lowest BCUT2D eigenvalue weighted by Gasteiger charge is -2.34. The third-order valence-corrected chi connectivity index (χ3v) is 5.18. The van der Waals surface area contributed by atoms with Crippen LogP contribution in [0.25, 0.3) is 0 Å². The second-order valence-corrected chi connectivity index (χ2v) is 7.09. The molecule has 1 aromatic carbocycles. The van der Waals surface area contributed by atoms with Gasteiger partial charge in [-0.3, -0.25) is 9.69 Å². The van der Waals surface area contributed by atoms with Crippen LogP contribution < -0.4 is 5.32 Å². The number of rotatable bonds is 4. The number of piperazine rings is 1. The average molecular weight is 360 g/mol. The maximum atomic E-state index is 12.2. The first kappa shape index (κ1) is 18.7. The van der Waals surface area contributed by atoms with Gasteiger partial charge in [0.15, 0.2) is 0 Å². The van der Waals surface area contributed by atoms with Gasteiger partial charge in [0.2, 0.25) is 5.91 Å². The molecule has 0 aromatic heterocycles. The summed E-state index contributed by atoms with van der Waals surface area (Å²) in [6, 6.07) is 8.24. The minimum Gasteiger partial charge on any atom is -0.390 e. The first-order valence-corrected chi connectivity index (χ1v) is 9.28. The van der Waals surface area contributed by atoms with Gasteiger partial charge in [-0.2, -0.15) is 0 Å². The van der Waals surface area contributed by atoms with Crippen LogP contribution in [0.3, 0.4) is 0 Å². The standard InChI is InChI=1S/C19H28N4O3/c1-15(24)22-8-10-23(11-9-22)19(26)20-12-18(25)14-21-7-6-16-4-2-3-5-17(16)13-21/h2-5,18,25H,6-14H2,1H3,(H,20,26). The smallest absolute Gasteiger partial charge is 0.317 e. The molecule has 26 heavy (non-hydrogen) atoms. The summed E-state index contributed by atoms with van der Waals surface area (Å²) in [5.41, 5.74) is 2.70. The number of hydrogen-bond acceptors (Lipinski definition) is 4. The summed E-state index contributed by atoms with van der Waals surface area (Å²) in [6.45, 7) is 6.30. The van der Waals surface area contributed by atoms with Crippen molar-refractivity contribution < 1.29 is 14.7 Å². The number of aliphatic hydroxyl groups is 1. The molecule has 142 valence electrons. The van der Waals surface area contributed by atoms with Gasteiger partial charge < -0.3 is 20.2 Å². The van der Waals surface area contributed by atoms with E-state index < -0.39 is 6.10 Å². The van der Waals surface area contributed by atoms with E-state index in [1.54, 1.807) is 16.7 Å². The van der Waals surface area contributed by atoms with E-state index in [-0.39, 0.29) is 18.5 Å². The van der Waals surface area contributed by atoms with Crippen molar-refractivity contribution in [3.63, 3.8) is 0 Å². The zero-order valence-corrected chi connectivity index (χ0v) is 15.4. The van der Waals surface area contributed by atoms with Gasteiger partial charge in [-0.05, 0) is 17.5 Å². The SMILES string of the molecule is CC(=O)N1CCN(C(=O)NCC(O)CN2CCc3ccccc3C2)CC1. The normalized spacial score (nSPS) is 19.0. The van der Waals surface area contributed by atoms with Crippen LogP contribution in [0.1, 0.15) is 18.1 Å². The number of fused-ring (bicyclic) bond motifs is 1. The molecule has 7 nitrogen and oxygen atoms in total. The number of nitrogens with zero attached hydrogens (tertiary/aromatic N) is 3. The molecule has 2 N–H and O–H groups in total. The number of carbonyl (C=O) groups is 2. The van der Waals surface area contributed by atoms with Crippen LogP contribution in [0.15, 0.2) is 24.3 Å². The predicted molar refractivity (Wildman–Crippen MR) is 98.7 cm³/mol. The average Bonchev–Trinajstić information content (AvgIpc) is 2.66. The van der Waals surface area contributed by atoms with Crippen LogP contribution >= 0.6 is 0 Å². The van der Waals surface area contributed by atoms with E-state index in [1.807, 2.05) is 6.07 Å². The van der Waals surface area contributed by atoms with Crippen molar-refractivity contribution in [3.8, 4) is 0 Å². The topological polar surface area (TPSA) is 76.1 Å². The molecule has 1 fully saturated rings. The summed E-state index contributed by atoms with van der Waals surface area (Å²) in [5, 5.41) is 13.1. The first-order chi connectivity index (χ1) is 12.5. The summed E-state index contributed by atoms with van der Waals surface area (Å²) in [5.74, 6) is 0.0450. The number of amides is 3. The Labute approximate surface area is 154 Å². The maximum Gasteiger partial charge on any atom is 0.317 e. The van der Waals surface area contributed by atoms with E-state index in [2.05, 4.69) is 28.4 Å². The fourth-order valence-corrected chi connectivity index (χ4v) is 3.61. The Hall–Kier alpha value is -2.12. The molecule has 2 heterocycles. The summed E-state index contributed by atoms with van der Waals surface area (Å²) in [6.07, 6.45) is 0.401. The van der Waals surface area contributed by atoms with Crippen LogP contribution in [0.2, 0.25) is 0 Å². The number of hydrogen-bond donors (Lipinski definition) is 2. The van der Waals surface area contributed by atoms with E-state index in [1.165, 1.54) is 11.1 Å². The quantitative estimate of drug-likeness (QED) is 0.809. The summed E-state index contributed by atoms with van der Waals surface area (Å²) < 4.78 is 0. The molecule has 1 unspecified atom stereocenters. The number of benzene rings is 1. The molecule has 1 aromatic rings. The Kier molecular flexibility index (Phi) is 6.11. The molecule has 0 spiro atoms. The van der Waals surface area contributed by atoms with E-state index in [0.717, 1.165) is 19.5 Å². The molecule has 0 radical (unpaired) electrons. The lowest BCUT2D eigenvalue weighted by molar-refractivity contribution is -0.130. The molecule has 1 saturated heterocycles. The Bertz CT molecular complexity index is 643. The van der Waals surface area contributed by atoms with E-state index in [4.69, 9.17) is 0 Å². The zero-order chi connectivity index (χ0) is 18.5. The number of nitrogens with one attached hydrogen (secondary N) is 1. The molecule has 0 saturated carbocycles. The Morgan fingerprint density at radius 1 is 1.08 bits per heavy atom. The van der Waals surface area contributed by atoms with Crippen molar-refractivity contribution in [2.75, 3.05) is 45.8 Å². The second kappa shape index (κ2) is 8.51. The van der Waals surface area contributed by atoms with Gasteiger partial charge in [0.05, 0.1) is 6.10 Å². The third-order valence-electron chi connectivity index (χ3n) is 5.18. The largest absolute Gasteiger partial charge is 0.390 e. The lowest BCUT2D eigenvalue weighted by Crippen LogP contribution is -2.54. The predicted octanol–water partition coefficient (Wildman–Crippen LogP) is 0.279. The van der Waals surface area contributed by atoms with Crippen LogP contribution in [-0.2, 0) is 17.8 Å². The molecular weight excluding hydrogens is 332 g/mol. The maximum absolute atomic E-state index is 12.2. The van der Waals surface area contributed by atoms with Gasteiger partial charge in [-0.1, -0.05) is 24.3 Å².